The molecule has 6 heteroatoms. The Hall–Kier alpha value is -0.650. The van der Waals surface area contributed by atoms with Gasteiger partial charge < -0.3 is 0 Å². The number of halogens is 5. The first-order valence-corrected chi connectivity index (χ1v) is 2.20. The molecule has 0 radical (unpaired) electrons. The molecule has 0 saturated carbocycles. The highest BCUT2D eigenvalue weighted by atomic mass is 19.3. The van der Waals surface area contributed by atoms with Gasteiger partial charge in [0.2, 0.25) is 11.7 Å². The van der Waals surface area contributed by atoms with E-state index in [0.717, 1.165) is 0 Å². The van der Waals surface area contributed by atoms with Crippen LogP contribution in [0.25, 0.3) is 0 Å². The molecule has 1 atom stereocenters. The molecule has 0 aromatic carbocycles. The van der Waals surface area contributed by atoms with Crippen molar-refractivity contribution in [1.82, 2.24) is 0 Å². The SMILES string of the molecule is FC1=C(F)C(F)(F)OC1F. The Morgan fingerprint density at radius 3 is 1.90 bits per heavy atom. The standard InChI is InChI=1S/C4HF5O/c5-1-2(6)4(8,9)10-3(1)7/h3H. The van der Waals surface area contributed by atoms with Gasteiger partial charge in [-0.1, -0.05) is 0 Å². The third-order valence-electron chi connectivity index (χ3n) is 0.916. The highest BCUT2D eigenvalue weighted by Crippen LogP contribution is 2.40. The molecule has 1 aliphatic heterocycles. The van der Waals surface area contributed by atoms with E-state index in [1.807, 2.05) is 0 Å². The van der Waals surface area contributed by atoms with E-state index in [2.05, 4.69) is 4.74 Å². The number of ether oxygens (including phenoxy) is 1. The summed E-state index contributed by atoms with van der Waals surface area (Å²) in [6, 6.07) is 0. The Morgan fingerprint density at radius 1 is 1.30 bits per heavy atom. The fraction of sp³-hybridized carbons (Fsp3) is 0.500. The second kappa shape index (κ2) is 1.91. The maximum atomic E-state index is 11.7. The molecule has 0 aliphatic carbocycles. The van der Waals surface area contributed by atoms with Crippen molar-refractivity contribution < 1.29 is 26.7 Å². The van der Waals surface area contributed by atoms with Gasteiger partial charge in [-0.05, 0) is 0 Å². The van der Waals surface area contributed by atoms with Crippen molar-refractivity contribution in [1.29, 1.82) is 0 Å². The van der Waals surface area contributed by atoms with Crippen molar-refractivity contribution in [3.05, 3.63) is 11.7 Å². The summed E-state index contributed by atoms with van der Waals surface area (Å²) in [5.41, 5.74) is 0. The number of alkyl halides is 3. The molecule has 1 heterocycles. The van der Waals surface area contributed by atoms with Crippen LogP contribution in [0.4, 0.5) is 22.0 Å². The van der Waals surface area contributed by atoms with Crippen LogP contribution in [0.3, 0.4) is 0 Å². The first kappa shape index (κ1) is 7.46. The second-order valence-corrected chi connectivity index (χ2v) is 1.61. The third kappa shape index (κ3) is 0.880. The molecule has 0 amide bonds. The molecular weight excluding hydrogens is 159 g/mol. The molecule has 0 N–H and O–H groups in total. The van der Waals surface area contributed by atoms with Gasteiger partial charge >= 0.3 is 6.11 Å². The van der Waals surface area contributed by atoms with Gasteiger partial charge in [0.1, 0.15) is 0 Å². The van der Waals surface area contributed by atoms with Gasteiger partial charge in [-0.25, -0.2) is 8.78 Å². The summed E-state index contributed by atoms with van der Waals surface area (Å²) in [5.74, 6) is -4.68. The molecule has 0 fully saturated rings. The minimum Gasteiger partial charge on any atom is -0.273 e. The Balaban J connectivity index is 2.95. The maximum absolute atomic E-state index is 11.7. The van der Waals surface area contributed by atoms with Crippen LogP contribution in [-0.4, -0.2) is 12.5 Å². The van der Waals surface area contributed by atoms with Gasteiger partial charge in [0.15, 0.2) is 0 Å². The fourth-order valence-electron chi connectivity index (χ4n) is 0.472. The summed E-state index contributed by atoms with van der Waals surface area (Å²) in [7, 11) is 0. The van der Waals surface area contributed by atoms with E-state index in [0.29, 0.717) is 0 Å². The Bertz CT molecular complexity index is 186. The third-order valence-corrected chi connectivity index (χ3v) is 0.916. The van der Waals surface area contributed by atoms with Crippen molar-refractivity contribution >= 4 is 0 Å². The zero-order chi connectivity index (χ0) is 7.94. The van der Waals surface area contributed by atoms with Crippen LogP contribution >= 0.6 is 0 Å². The van der Waals surface area contributed by atoms with E-state index < -0.39 is 24.1 Å². The lowest BCUT2D eigenvalue weighted by Crippen LogP contribution is -2.17. The van der Waals surface area contributed by atoms with Crippen molar-refractivity contribution in [3.63, 3.8) is 0 Å². The highest BCUT2D eigenvalue weighted by Gasteiger charge is 2.51. The fourth-order valence-corrected chi connectivity index (χ4v) is 0.472. The van der Waals surface area contributed by atoms with Gasteiger partial charge in [-0.3, -0.25) is 4.74 Å². The molecule has 0 saturated heterocycles. The summed E-state index contributed by atoms with van der Waals surface area (Å²) in [6.45, 7) is 0. The number of hydrogen-bond acceptors (Lipinski definition) is 1. The van der Waals surface area contributed by atoms with Crippen molar-refractivity contribution in [3.8, 4) is 0 Å². The van der Waals surface area contributed by atoms with Crippen LogP contribution in [0.1, 0.15) is 0 Å². The van der Waals surface area contributed by atoms with Gasteiger partial charge in [0, 0.05) is 0 Å². The topological polar surface area (TPSA) is 9.23 Å². The van der Waals surface area contributed by atoms with Gasteiger partial charge in [0.05, 0.1) is 0 Å². The summed E-state index contributed by atoms with van der Waals surface area (Å²) >= 11 is 0. The predicted molar refractivity (Wildman–Crippen MR) is 20.2 cm³/mol. The highest BCUT2D eigenvalue weighted by molar-refractivity contribution is 5.13. The molecule has 1 rings (SSSR count). The average Bonchev–Trinajstić information content (AvgIpc) is 1.95. The summed E-state index contributed by atoms with van der Waals surface area (Å²) in [5, 5.41) is 0. The summed E-state index contributed by atoms with van der Waals surface area (Å²) in [6.07, 6.45) is -7.42. The lowest BCUT2D eigenvalue weighted by Gasteiger charge is -2.05. The zero-order valence-corrected chi connectivity index (χ0v) is 4.38. The minimum absolute atomic E-state index is 2.19. The van der Waals surface area contributed by atoms with Crippen molar-refractivity contribution in [2.45, 2.75) is 12.5 Å². The summed E-state index contributed by atoms with van der Waals surface area (Å²) < 4.78 is 61.5. The monoisotopic (exact) mass is 160 g/mol. The minimum atomic E-state index is -4.44. The van der Waals surface area contributed by atoms with E-state index in [-0.39, 0.29) is 0 Å². The smallest absolute Gasteiger partial charge is 0.273 e. The number of hydrogen-bond donors (Lipinski definition) is 0. The largest absolute Gasteiger partial charge is 0.414 e. The van der Waals surface area contributed by atoms with E-state index >= 15 is 0 Å². The molecule has 1 unspecified atom stereocenters. The van der Waals surface area contributed by atoms with Crippen LogP contribution in [-0.2, 0) is 4.74 Å². The second-order valence-electron chi connectivity index (χ2n) is 1.61. The van der Waals surface area contributed by atoms with E-state index in [9.17, 15) is 22.0 Å². The van der Waals surface area contributed by atoms with E-state index in [1.165, 1.54) is 0 Å². The van der Waals surface area contributed by atoms with E-state index in [4.69, 9.17) is 0 Å². The summed E-state index contributed by atoms with van der Waals surface area (Å²) in [4.78, 5) is 0. The first-order valence-electron chi connectivity index (χ1n) is 2.20. The van der Waals surface area contributed by atoms with Crippen LogP contribution < -0.4 is 0 Å². The van der Waals surface area contributed by atoms with Gasteiger partial charge in [-0.2, -0.15) is 13.2 Å². The van der Waals surface area contributed by atoms with Crippen LogP contribution in [0, 0.1) is 0 Å². The lowest BCUT2D eigenvalue weighted by molar-refractivity contribution is -0.243. The molecule has 0 spiro atoms. The molecule has 0 aromatic heterocycles. The van der Waals surface area contributed by atoms with Gasteiger partial charge in [0.25, 0.3) is 6.36 Å². The molecule has 1 nitrogen and oxygen atoms in total. The molecule has 0 aromatic rings. The molecule has 0 bridgehead atoms. The van der Waals surface area contributed by atoms with E-state index in [1.54, 1.807) is 0 Å². The zero-order valence-electron chi connectivity index (χ0n) is 4.38. The maximum Gasteiger partial charge on any atom is 0.414 e. The molecule has 10 heavy (non-hydrogen) atoms. The van der Waals surface area contributed by atoms with Crippen LogP contribution in [0.15, 0.2) is 11.7 Å². The quantitative estimate of drug-likeness (QED) is 0.493. The molecule has 58 valence electrons. The normalized spacial score (nSPS) is 31.5. The Labute approximate surface area is 52.1 Å². The lowest BCUT2D eigenvalue weighted by atomic mass is 10.5. The number of rotatable bonds is 0. The van der Waals surface area contributed by atoms with Crippen molar-refractivity contribution in [2.24, 2.45) is 0 Å². The average molecular weight is 160 g/mol. The van der Waals surface area contributed by atoms with Gasteiger partial charge in [-0.15, -0.1) is 0 Å². The first-order chi connectivity index (χ1) is 4.45. The Morgan fingerprint density at radius 2 is 1.80 bits per heavy atom. The Kier molecular flexibility index (Phi) is 1.43. The predicted octanol–water partition coefficient (Wildman–Crippen LogP) is 2.06. The van der Waals surface area contributed by atoms with Crippen molar-refractivity contribution in [2.75, 3.05) is 0 Å². The molecular formula is C4HF5O. The van der Waals surface area contributed by atoms with Crippen LogP contribution in [0.2, 0.25) is 0 Å². The molecule has 1 aliphatic rings. The van der Waals surface area contributed by atoms with Crippen LogP contribution in [0.5, 0.6) is 0 Å².